The summed E-state index contributed by atoms with van der Waals surface area (Å²) in [5, 5.41) is 3.57. The summed E-state index contributed by atoms with van der Waals surface area (Å²) < 4.78 is 5.84. The Bertz CT molecular complexity index is 697. The first-order valence-electron chi connectivity index (χ1n) is 10.2. The summed E-state index contributed by atoms with van der Waals surface area (Å²) in [6, 6.07) is 10.6. The second-order valence-electron chi connectivity index (χ2n) is 8.88. The molecule has 0 amide bonds. The van der Waals surface area contributed by atoms with E-state index in [2.05, 4.69) is 56.4 Å². The van der Waals surface area contributed by atoms with Crippen LogP contribution in [0.25, 0.3) is 0 Å². The monoisotopic (exact) mass is 353 g/mol. The SMILES string of the molecule is C[C@@H]1CCC[C@@]2(C)C[C@H]3OC(=O)[C@H](CN[C@@H](C)c4ccccc4)[C@@H]3C=C12. The summed E-state index contributed by atoms with van der Waals surface area (Å²) in [6.45, 7) is 7.57. The fourth-order valence-electron chi connectivity index (χ4n) is 5.45. The lowest BCUT2D eigenvalue weighted by Crippen LogP contribution is -2.40. The molecular weight excluding hydrogens is 322 g/mol. The molecule has 0 spiro atoms. The second-order valence-corrected chi connectivity index (χ2v) is 8.88. The molecule has 1 aliphatic heterocycles. The topological polar surface area (TPSA) is 38.3 Å². The third kappa shape index (κ3) is 3.11. The van der Waals surface area contributed by atoms with Crippen LogP contribution < -0.4 is 5.32 Å². The molecule has 3 aliphatic rings. The van der Waals surface area contributed by atoms with E-state index in [1.54, 1.807) is 5.57 Å². The highest BCUT2D eigenvalue weighted by atomic mass is 16.6. The highest BCUT2D eigenvalue weighted by molar-refractivity contribution is 5.76. The van der Waals surface area contributed by atoms with Crippen LogP contribution >= 0.6 is 0 Å². The lowest BCUT2D eigenvalue weighted by Gasteiger charge is -2.46. The number of carbonyl (C=O) groups is 1. The van der Waals surface area contributed by atoms with Crippen LogP contribution in [-0.4, -0.2) is 18.6 Å². The molecule has 0 radical (unpaired) electrons. The van der Waals surface area contributed by atoms with E-state index in [9.17, 15) is 4.79 Å². The van der Waals surface area contributed by atoms with Crippen molar-refractivity contribution in [2.24, 2.45) is 23.2 Å². The Morgan fingerprint density at radius 1 is 1.31 bits per heavy atom. The number of benzene rings is 1. The van der Waals surface area contributed by atoms with Crippen molar-refractivity contribution < 1.29 is 9.53 Å². The van der Waals surface area contributed by atoms with Crippen LogP contribution in [0.3, 0.4) is 0 Å². The molecule has 6 atom stereocenters. The molecule has 1 saturated carbocycles. The zero-order valence-electron chi connectivity index (χ0n) is 16.2. The highest BCUT2D eigenvalue weighted by Crippen LogP contribution is 2.53. The number of nitrogens with one attached hydrogen (secondary N) is 1. The van der Waals surface area contributed by atoms with E-state index in [4.69, 9.17) is 4.74 Å². The molecular formula is C23H31NO2. The summed E-state index contributed by atoms with van der Waals surface area (Å²) in [5.41, 5.74) is 3.08. The van der Waals surface area contributed by atoms with Crippen molar-refractivity contribution in [2.75, 3.05) is 6.54 Å². The van der Waals surface area contributed by atoms with Crippen LogP contribution in [0.2, 0.25) is 0 Å². The number of carbonyl (C=O) groups excluding carboxylic acids is 1. The number of ether oxygens (including phenoxy) is 1. The van der Waals surface area contributed by atoms with Crippen LogP contribution in [0.15, 0.2) is 42.0 Å². The molecule has 3 heteroatoms. The van der Waals surface area contributed by atoms with E-state index in [0.717, 1.165) is 6.42 Å². The molecule has 0 unspecified atom stereocenters. The molecule has 2 fully saturated rings. The molecule has 4 rings (SSSR count). The Morgan fingerprint density at radius 2 is 2.08 bits per heavy atom. The van der Waals surface area contributed by atoms with Crippen molar-refractivity contribution in [1.29, 1.82) is 0 Å². The predicted molar refractivity (Wildman–Crippen MR) is 104 cm³/mol. The van der Waals surface area contributed by atoms with Gasteiger partial charge in [0.05, 0.1) is 5.92 Å². The van der Waals surface area contributed by atoms with E-state index >= 15 is 0 Å². The molecule has 26 heavy (non-hydrogen) atoms. The van der Waals surface area contributed by atoms with Gasteiger partial charge in [0.1, 0.15) is 6.10 Å². The Kier molecular flexibility index (Phi) is 4.68. The normalized spacial score (nSPS) is 37.3. The summed E-state index contributed by atoms with van der Waals surface area (Å²) in [6.07, 6.45) is 7.31. The molecule has 1 saturated heterocycles. The molecule has 0 bridgehead atoms. The summed E-state index contributed by atoms with van der Waals surface area (Å²) >= 11 is 0. The summed E-state index contributed by atoms with van der Waals surface area (Å²) in [5.74, 6) is 0.806. The number of fused-ring (bicyclic) bond motifs is 2. The molecule has 1 heterocycles. The highest BCUT2D eigenvalue weighted by Gasteiger charge is 2.51. The van der Waals surface area contributed by atoms with Gasteiger partial charge in [-0.1, -0.05) is 62.2 Å². The lowest BCUT2D eigenvalue weighted by atomic mass is 9.59. The standard InChI is InChI=1S/C23H31NO2/c1-15-8-7-11-23(3)13-21-18(12-20(15)23)19(22(25)26-21)14-24-16(2)17-9-5-4-6-10-17/h4-6,9-10,12,15-16,18-19,21,24H,7-8,11,13-14H2,1-3H3/t15-,16+,18+,19-,21-,23+/m1/s1. The van der Waals surface area contributed by atoms with Crippen molar-refractivity contribution in [2.45, 2.75) is 58.6 Å². The van der Waals surface area contributed by atoms with Crippen molar-refractivity contribution in [3.63, 3.8) is 0 Å². The first-order chi connectivity index (χ1) is 12.5. The van der Waals surface area contributed by atoms with Crippen LogP contribution in [0.5, 0.6) is 0 Å². The molecule has 0 aromatic heterocycles. The first kappa shape index (κ1) is 17.8. The van der Waals surface area contributed by atoms with Gasteiger partial charge in [-0.05, 0) is 43.1 Å². The number of hydrogen-bond donors (Lipinski definition) is 1. The number of rotatable bonds is 4. The molecule has 3 nitrogen and oxygen atoms in total. The van der Waals surface area contributed by atoms with E-state index in [-0.39, 0.29) is 35.4 Å². The van der Waals surface area contributed by atoms with Crippen LogP contribution in [-0.2, 0) is 9.53 Å². The Morgan fingerprint density at radius 3 is 2.85 bits per heavy atom. The van der Waals surface area contributed by atoms with Crippen LogP contribution in [0.1, 0.15) is 58.1 Å². The third-order valence-corrected chi connectivity index (χ3v) is 7.02. The number of hydrogen-bond acceptors (Lipinski definition) is 3. The van der Waals surface area contributed by atoms with Crippen molar-refractivity contribution >= 4 is 5.97 Å². The molecule has 140 valence electrons. The quantitative estimate of drug-likeness (QED) is 0.632. The van der Waals surface area contributed by atoms with E-state index < -0.39 is 0 Å². The van der Waals surface area contributed by atoms with Crippen LogP contribution in [0.4, 0.5) is 0 Å². The minimum atomic E-state index is -0.0580. The maximum Gasteiger partial charge on any atom is 0.311 e. The number of esters is 1. The average molecular weight is 354 g/mol. The van der Waals surface area contributed by atoms with Gasteiger partial charge in [0.2, 0.25) is 0 Å². The second kappa shape index (κ2) is 6.84. The molecule has 1 N–H and O–H groups in total. The first-order valence-corrected chi connectivity index (χ1v) is 10.2. The Hall–Kier alpha value is -1.61. The van der Waals surface area contributed by atoms with Gasteiger partial charge in [-0.15, -0.1) is 0 Å². The average Bonchev–Trinajstić information content (AvgIpc) is 2.92. The zero-order valence-corrected chi connectivity index (χ0v) is 16.2. The zero-order chi connectivity index (χ0) is 18.3. The minimum Gasteiger partial charge on any atom is -0.461 e. The maximum atomic E-state index is 12.6. The van der Waals surface area contributed by atoms with Crippen molar-refractivity contribution in [3.8, 4) is 0 Å². The van der Waals surface area contributed by atoms with Gasteiger partial charge in [0.15, 0.2) is 0 Å². The van der Waals surface area contributed by atoms with Gasteiger partial charge in [0.25, 0.3) is 0 Å². The fraction of sp³-hybridized carbons (Fsp3) is 0.609. The van der Waals surface area contributed by atoms with Crippen molar-refractivity contribution in [3.05, 3.63) is 47.5 Å². The summed E-state index contributed by atoms with van der Waals surface area (Å²) in [4.78, 5) is 12.6. The Labute approximate surface area is 157 Å². The summed E-state index contributed by atoms with van der Waals surface area (Å²) in [7, 11) is 0. The van der Waals surface area contributed by atoms with Gasteiger partial charge in [-0.2, -0.15) is 0 Å². The van der Waals surface area contributed by atoms with Gasteiger partial charge < -0.3 is 10.1 Å². The van der Waals surface area contributed by atoms with Crippen molar-refractivity contribution in [1.82, 2.24) is 5.32 Å². The Balaban J connectivity index is 1.50. The van der Waals surface area contributed by atoms with Gasteiger partial charge >= 0.3 is 5.97 Å². The number of allylic oxidation sites excluding steroid dienone is 1. The fourth-order valence-corrected chi connectivity index (χ4v) is 5.45. The van der Waals surface area contributed by atoms with Gasteiger partial charge in [-0.3, -0.25) is 4.79 Å². The predicted octanol–water partition coefficient (Wildman–Crippen LogP) is 4.65. The van der Waals surface area contributed by atoms with Gasteiger partial charge in [0, 0.05) is 18.5 Å². The minimum absolute atomic E-state index is 0.0143. The maximum absolute atomic E-state index is 12.6. The molecule has 2 aliphatic carbocycles. The smallest absolute Gasteiger partial charge is 0.311 e. The van der Waals surface area contributed by atoms with Crippen LogP contribution in [0, 0.1) is 23.2 Å². The molecule has 1 aromatic rings. The third-order valence-electron chi connectivity index (χ3n) is 7.02. The largest absolute Gasteiger partial charge is 0.461 e. The van der Waals surface area contributed by atoms with E-state index in [1.165, 1.54) is 24.8 Å². The molecule has 1 aromatic carbocycles. The van der Waals surface area contributed by atoms with E-state index in [1.807, 2.05) is 6.07 Å². The van der Waals surface area contributed by atoms with Gasteiger partial charge in [-0.25, -0.2) is 0 Å². The lowest BCUT2D eigenvalue weighted by molar-refractivity contribution is -0.145. The van der Waals surface area contributed by atoms with E-state index in [0.29, 0.717) is 12.5 Å².